The molecule has 3 rings (SSSR count). The van der Waals surface area contributed by atoms with E-state index < -0.39 is 0 Å². The highest BCUT2D eigenvalue weighted by Crippen LogP contribution is 2.20. The number of ether oxygens (including phenoxy) is 1. The predicted octanol–water partition coefficient (Wildman–Crippen LogP) is 4.02. The van der Waals surface area contributed by atoms with Crippen LogP contribution in [0.1, 0.15) is 35.1 Å². The van der Waals surface area contributed by atoms with E-state index in [1.54, 1.807) is 0 Å². The van der Waals surface area contributed by atoms with Gasteiger partial charge in [0.1, 0.15) is 12.4 Å². The van der Waals surface area contributed by atoms with E-state index in [2.05, 4.69) is 54.4 Å². The Labute approximate surface area is 168 Å². The number of likely N-dealkylation sites (tertiary alicyclic amines) is 1. The molecule has 0 atom stereocenters. The van der Waals surface area contributed by atoms with Gasteiger partial charge in [-0.05, 0) is 63.9 Å². The molecule has 1 saturated heterocycles. The van der Waals surface area contributed by atoms with E-state index in [4.69, 9.17) is 4.74 Å². The van der Waals surface area contributed by atoms with Gasteiger partial charge in [-0.3, -0.25) is 9.69 Å². The van der Waals surface area contributed by atoms with Crippen molar-refractivity contribution in [1.82, 2.24) is 10.2 Å². The van der Waals surface area contributed by atoms with E-state index in [1.165, 1.54) is 16.7 Å². The molecule has 150 valence electrons. The topological polar surface area (TPSA) is 41.6 Å². The van der Waals surface area contributed by atoms with E-state index in [0.717, 1.165) is 43.8 Å². The van der Waals surface area contributed by atoms with Crippen molar-refractivity contribution in [1.29, 1.82) is 0 Å². The highest BCUT2D eigenvalue weighted by atomic mass is 16.5. The summed E-state index contributed by atoms with van der Waals surface area (Å²) in [7, 11) is 0. The number of hydrogen-bond acceptors (Lipinski definition) is 3. The van der Waals surface area contributed by atoms with Gasteiger partial charge >= 0.3 is 0 Å². The molecule has 0 radical (unpaired) electrons. The van der Waals surface area contributed by atoms with Gasteiger partial charge in [-0.15, -0.1) is 0 Å². The monoisotopic (exact) mass is 380 g/mol. The van der Waals surface area contributed by atoms with Gasteiger partial charge in [0.2, 0.25) is 5.91 Å². The Balaban J connectivity index is 1.35. The van der Waals surface area contributed by atoms with Crippen molar-refractivity contribution in [3.8, 4) is 5.75 Å². The standard InChI is InChI=1S/C24H32N2O2/c1-18-5-4-6-21(16-18)17-26-12-9-22(10-13-26)24(27)25-11-14-28-23-8-7-19(2)15-20(23)3/h4-8,15-16,22H,9-14,17H2,1-3H3,(H,25,27). The smallest absolute Gasteiger partial charge is 0.223 e. The van der Waals surface area contributed by atoms with Gasteiger partial charge in [-0.1, -0.05) is 47.5 Å². The summed E-state index contributed by atoms with van der Waals surface area (Å²) in [6.45, 7) is 10.2. The van der Waals surface area contributed by atoms with Crippen molar-refractivity contribution in [2.45, 2.75) is 40.2 Å². The van der Waals surface area contributed by atoms with Gasteiger partial charge in [0, 0.05) is 12.5 Å². The van der Waals surface area contributed by atoms with E-state index in [1.807, 2.05) is 19.1 Å². The molecule has 0 unspecified atom stereocenters. The van der Waals surface area contributed by atoms with Gasteiger partial charge in [0.15, 0.2) is 0 Å². The molecule has 0 aromatic heterocycles. The van der Waals surface area contributed by atoms with Gasteiger partial charge in [0.05, 0.1) is 6.54 Å². The first-order valence-corrected chi connectivity index (χ1v) is 10.3. The highest BCUT2D eigenvalue weighted by molar-refractivity contribution is 5.78. The molecule has 28 heavy (non-hydrogen) atoms. The number of benzene rings is 2. The molecule has 1 amide bonds. The Hall–Kier alpha value is -2.33. The van der Waals surface area contributed by atoms with E-state index >= 15 is 0 Å². The van der Waals surface area contributed by atoms with Crippen molar-refractivity contribution in [2.24, 2.45) is 5.92 Å². The van der Waals surface area contributed by atoms with Crippen LogP contribution in [0.4, 0.5) is 0 Å². The average Bonchev–Trinajstić information content (AvgIpc) is 2.67. The zero-order valence-electron chi connectivity index (χ0n) is 17.3. The summed E-state index contributed by atoms with van der Waals surface area (Å²) in [6.07, 6.45) is 1.85. The Kier molecular flexibility index (Phi) is 7.10. The van der Waals surface area contributed by atoms with Crippen LogP contribution in [-0.4, -0.2) is 37.0 Å². The number of piperidine rings is 1. The van der Waals surface area contributed by atoms with Crippen molar-refractivity contribution in [3.63, 3.8) is 0 Å². The largest absolute Gasteiger partial charge is 0.491 e. The second-order valence-corrected chi connectivity index (χ2v) is 7.95. The molecular formula is C24H32N2O2. The fourth-order valence-corrected chi connectivity index (χ4v) is 3.86. The van der Waals surface area contributed by atoms with Crippen LogP contribution in [0.15, 0.2) is 42.5 Å². The molecule has 4 heteroatoms. The summed E-state index contributed by atoms with van der Waals surface area (Å²) >= 11 is 0. The first kappa shape index (κ1) is 20.4. The molecular weight excluding hydrogens is 348 g/mol. The first-order valence-electron chi connectivity index (χ1n) is 10.3. The van der Waals surface area contributed by atoms with E-state index in [0.29, 0.717) is 13.2 Å². The number of carbonyl (C=O) groups is 1. The number of rotatable bonds is 7. The minimum Gasteiger partial charge on any atom is -0.491 e. The SMILES string of the molecule is Cc1cccc(CN2CCC(C(=O)NCCOc3ccc(C)cc3C)CC2)c1. The minimum atomic E-state index is 0.120. The maximum absolute atomic E-state index is 12.4. The predicted molar refractivity (Wildman–Crippen MR) is 114 cm³/mol. The molecule has 2 aromatic carbocycles. The number of aryl methyl sites for hydroxylation is 3. The summed E-state index contributed by atoms with van der Waals surface area (Å²) in [5, 5.41) is 3.04. The Morgan fingerprint density at radius 1 is 1.07 bits per heavy atom. The van der Waals surface area contributed by atoms with Gasteiger partial charge in [0.25, 0.3) is 0 Å². The Morgan fingerprint density at radius 2 is 1.82 bits per heavy atom. The van der Waals surface area contributed by atoms with Crippen molar-refractivity contribution in [2.75, 3.05) is 26.2 Å². The maximum atomic E-state index is 12.4. The molecule has 1 aliphatic rings. The number of hydrogen-bond donors (Lipinski definition) is 1. The average molecular weight is 381 g/mol. The number of nitrogens with one attached hydrogen (secondary N) is 1. The van der Waals surface area contributed by atoms with Crippen LogP contribution in [0.5, 0.6) is 5.75 Å². The molecule has 0 saturated carbocycles. The van der Waals surface area contributed by atoms with Crippen LogP contribution in [0.3, 0.4) is 0 Å². The van der Waals surface area contributed by atoms with Gasteiger partial charge < -0.3 is 10.1 Å². The Morgan fingerprint density at radius 3 is 2.54 bits per heavy atom. The van der Waals surface area contributed by atoms with Crippen molar-refractivity contribution in [3.05, 3.63) is 64.7 Å². The minimum absolute atomic E-state index is 0.120. The summed E-state index contributed by atoms with van der Waals surface area (Å²) in [5.74, 6) is 1.18. The normalized spacial score (nSPS) is 15.4. The second kappa shape index (κ2) is 9.74. The molecule has 4 nitrogen and oxygen atoms in total. The lowest BCUT2D eigenvalue weighted by Crippen LogP contribution is -2.41. The number of carbonyl (C=O) groups excluding carboxylic acids is 1. The number of nitrogens with zero attached hydrogens (tertiary/aromatic N) is 1. The van der Waals surface area contributed by atoms with Crippen LogP contribution < -0.4 is 10.1 Å². The molecule has 2 aromatic rings. The molecule has 0 bridgehead atoms. The lowest BCUT2D eigenvalue weighted by atomic mass is 9.95. The molecule has 0 aliphatic carbocycles. The van der Waals surface area contributed by atoms with E-state index in [-0.39, 0.29) is 11.8 Å². The Bertz CT molecular complexity index is 795. The highest BCUT2D eigenvalue weighted by Gasteiger charge is 2.24. The van der Waals surface area contributed by atoms with Crippen LogP contribution in [0, 0.1) is 26.7 Å². The molecule has 0 spiro atoms. The van der Waals surface area contributed by atoms with Gasteiger partial charge in [-0.2, -0.15) is 0 Å². The molecule has 1 fully saturated rings. The summed E-state index contributed by atoms with van der Waals surface area (Å²) < 4.78 is 5.80. The fourth-order valence-electron chi connectivity index (χ4n) is 3.86. The molecule has 1 N–H and O–H groups in total. The van der Waals surface area contributed by atoms with E-state index in [9.17, 15) is 4.79 Å². The quantitative estimate of drug-likeness (QED) is 0.738. The van der Waals surface area contributed by atoms with Crippen molar-refractivity contribution < 1.29 is 9.53 Å². The molecule has 1 heterocycles. The summed E-state index contributed by atoms with van der Waals surface area (Å²) in [4.78, 5) is 14.9. The second-order valence-electron chi connectivity index (χ2n) is 7.95. The van der Waals surface area contributed by atoms with Crippen LogP contribution in [0.2, 0.25) is 0 Å². The summed E-state index contributed by atoms with van der Waals surface area (Å²) in [6, 6.07) is 14.8. The van der Waals surface area contributed by atoms with Crippen LogP contribution in [0.25, 0.3) is 0 Å². The first-order chi connectivity index (χ1) is 13.5. The van der Waals surface area contributed by atoms with Crippen molar-refractivity contribution >= 4 is 5.91 Å². The van der Waals surface area contributed by atoms with Crippen LogP contribution >= 0.6 is 0 Å². The van der Waals surface area contributed by atoms with Crippen LogP contribution in [-0.2, 0) is 11.3 Å². The lowest BCUT2D eigenvalue weighted by Gasteiger charge is -2.31. The number of amides is 1. The zero-order valence-corrected chi connectivity index (χ0v) is 17.3. The third-order valence-electron chi connectivity index (χ3n) is 5.44. The molecule has 1 aliphatic heterocycles. The third-order valence-corrected chi connectivity index (χ3v) is 5.44. The maximum Gasteiger partial charge on any atom is 0.223 e. The third kappa shape index (κ3) is 5.83. The lowest BCUT2D eigenvalue weighted by molar-refractivity contribution is -0.126. The zero-order chi connectivity index (χ0) is 19.9. The van der Waals surface area contributed by atoms with Gasteiger partial charge in [-0.25, -0.2) is 0 Å². The summed E-state index contributed by atoms with van der Waals surface area (Å²) in [5.41, 5.74) is 5.01. The fraction of sp³-hybridized carbons (Fsp3) is 0.458.